The van der Waals surface area contributed by atoms with Crippen molar-refractivity contribution in [2.75, 3.05) is 18.0 Å². The summed E-state index contributed by atoms with van der Waals surface area (Å²) in [5, 5.41) is 15.4. The van der Waals surface area contributed by atoms with E-state index in [9.17, 15) is 26.3 Å². The molecule has 0 aliphatic carbocycles. The van der Waals surface area contributed by atoms with Crippen LogP contribution in [0.15, 0.2) is 103 Å². The van der Waals surface area contributed by atoms with Crippen molar-refractivity contribution in [2.24, 2.45) is 11.8 Å². The van der Waals surface area contributed by atoms with Crippen LogP contribution in [0.4, 0.5) is 32.0 Å². The van der Waals surface area contributed by atoms with Crippen molar-refractivity contribution in [1.29, 1.82) is 5.41 Å². The van der Waals surface area contributed by atoms with E-state index >= 15 is 0 Å². The van der Waals surface area contributed by atoms with E-state index in [0.29, 0.717) is 18.5 Å². The Kier molecular flexibility index (Phi) is 8.52. The van der Waals surface area contributed by atoms with Gasteiger partial charge in [0, 0.05) is 48.6 Å². The first-order valence-electron chi connectivity index (χ1n) is 13.9. The molecule has 1 atom stereocenters. The predicted molar refractivity (Wildman–Crippen MR) is 153 cm³/mol. The minimum Gasteiger partial charge on any atom is -0.370 e. The fourth-order valence-electron chi connectivity index (χ4n) is 5.73. The molecule has 11 heteroatoms. The summed E-state index contributed by atoms with van der Waals surface area (Å²) < 4.78 is 83.2. The molecule has 2 aliphatic rings. The van der Waals surface area contributed by atoms with Crippen LogP contribution in [0.3, 0.4) is 0 Å². The monoisotopic (exact) mass is 599 g/mol. The van der Waals surface area contributed by atoms with E-state index in [0.717, 1.165) is 23.4 Å². The van der Waals surface area contributed by atoms with Gasteiger partial charge in [0.25, 0.3) is 0 Å². The number of rotatable bonds is 7. The smallest absolute Gasteiger partial charge is 0.370 e. The minimum absolute atomic E-state index is 0.0887. The van der Waals surface area contributed by atoms with Crippen LogP contribution in [-0.4, -0.2) is 30.0 Å². The van der Waals surface area contributed by atoms with Crippen molar-refractivity contribution >= 4 is 11.4 Å². The van der Waals surface area contributed by atoms with Crippen molar-refractivity contribution in [2.45, 2.75) is 37.7 Å². The summed E-state index contributed by atoms with van der Waals surface area (Å²) in [5.41, 5.74) is 0.983. The van der Waals surface area contributed by atoms with Crippen LogP contribution >= 0.6 is 0 Å². The molecule has 1 saturated heterocycles. The number of piperidine rings is 1. The van der Waals surface area contributed by atoms with Gasteiger partial charge >= 0.3 is 12.4 Å². The van der Waals surface area contributed by atoms with Crippen LogP contribution in [0, 0.1) is 17.2 Å². The molecule has 3 N–H and O–H groups in total. The Hall–Kier alpha value is -4.28. The number of halogens is 6. The topological polar surface area (TPSA) is 64.0 Å². The number of benzene rings is 2. The third-order valence-electron chi connectivity index (χ3n) is 7.93. The van der Waals surface area contributed by atoms with E-state index in [2.05, 4.69) is 22.2 Å². The standard InChI is InChI=1S/C32H31F6N5/c1-20-16-26(32(36,37)38)27(30(41-20)42-29(22-8-4-2-5-9-22)23-10-6-3-7-11-23)28(39)21-12-14-43(15-13-21)25-17-24(18-40-19-25)31(33,34)35/h2-11,17-19,21,26,29,39,41-42H,1,12-16H2. The largest absolute Gasteiger partial charge is 0.417 e. The second-order valence-corrected chi connectivity index (χ2v) is 10.8. The number of aromatic nitrogens is 1. The Morgan fingerprint density at radius 3 is 2.05 bits per heavy atom. The number of nitrogens with one attached hydrogen (secondary N) is 3. The summed E-state index contributed by atoms with van der Waals surface area (Å²) in [6, 6.07) is 19.2. The third-order valence-corrected chi connectivity index (χ3v) is 7.93. The van der Waals surface area contributed by atoms with Gasteiger partial charge in [0.2, 0.25) is 0 Å². The molecule has 226 valence electrons. The van der Waals surface area contributed by atoms with Crippen LogP contribution < -0.4 is 15.5 Å². The number of allylic oxidation sites excluding steroid dienone is 2. The van der Waals surface area contributed by atoms with E-state index < -0.39 is 42.2 Å². The van der Waals surface area contributed by atoms with Gasteiger partial charge in [0.15, 0.2) is 0 Å². The Morgan fingerprint density at radius 2 is 1.51 bits per heavy atom. The molecular weight excluding hydrogens is 568 g/mol. The third kappa shape index (κ3) is 6.87. The van der Waals surface area contributed by atoms with Crippen molar-refractivity contribution in [3.8, 4) is 0 Å². The van der Waals surface area contributed by atoms with Gasteiger partial charge in [0.1, 0.15) is 5.82 Å². The van der Waals surface area contributed by atoms with Crippen LogP contribution in [-0.2, 0) is 6.18 Å². The first kappa shape index (κ1) is 30.2. The molecule has 1 fully saturated rings. The normalized spacial score (nSPS) is 18.5. The SMILES string of the molecule is C=C1CC(C(F)(F)F)C(C(=N)C2CCN(c3cncc(C(F)(F)F)c3)CC2)=C(NC(c2ccccc2)c2ccccc2)N1. The highest BCUT2D eigenvalue weighted by Crippen LogP contribution is 2.42. The minimum atomic E-state index is -4.63. The zero-order valence-corrected chi connectivity index (χ0v) is 23.1. The molecule has 3 aromatic rings. The highest BCUT2D eigenvalue weighted by Gasteiger charge is 2.48. The van der Waals surface area contributed by atoms with Gasteiger partial charge in [-0.1, -0.05) is 67.2 Å². The van der Waals surface area contributed by atoms with Crippen LogP contribution in [0.2, 0.25) is 0 Å². The van der Waals surface area contributed by atoms with Crippen molar-refractivity contribution in [1.82, 2.24) is 15.6 Å². The number of anilines is 1. The molecule has 5 nitrogen and oxygen atoms in total. The van der Waals surface area contributed by atoms with E-state index in [-0.39, 0.29) is 35.9 Å². The lowest BCUT2D eigenvalue weighted by Gasteiger charge is -2.39. The van der Waals surface area contributed by atoms with Gasteiger partial charge in [0.05, 0.1) is 29.4 Å². The van der Waals surface area contributed by atoms with Crippen LogP contribution in [0.25, 0.3) is 0 Å². The van der Waals surface area contributed by atoms with Gasteiger partial charge in [-0.2, -0.15) is 26.3 Å². The summed E-state index contributed by atoms with van der Waals surface area (Å²) in [6.07, 6.45) is -6.86. The molecule has 0 spiro atoms. The summed E-state index contributed by atoms with van der Waals surface area (Å²) in [6.45, 7) is 4.36. The zero-order chi connectivity index (χ0) is 30.8. The first-order chi connectivity index (χ1) is 20.4. The molecule has 0 bridgehead atoms. The predicted octanol–water partition coefficient (Wildman–Crippen LogP) is 7.61. The second-order valence-electron chi connectivity index (χ2n) is 10.8. The van der Waals surface area contributed by atoms with Crippen LogP contribution in [0.5, 0.6) is 0 Å². The molecule has 43 heavy (non-hydrogen) atoms. The lowest BCUT2D eigenvalue weighted by atomic mass is 9.79. The van der Waals surface area contributed by atoms with Crippen molar-refractivity contribution in [3.63, 3.8) is 0 Å². The van der Waals surface area contributed by atoms with Gasteiger partial charge in [-0.3, -0.25) is 4.98 Å². The molecule has 2 aliphatic heterocycles. The Balaban J connectivity index is 1.46. The first-order valence-corrected chi connectivity index (χ1v) is 13.9. The second kappa shape index (κ2) is 12.1. The van der Waals surface area contributed by atoms with Crippen LogP contribution in [0.1, 0.15) is 42.0 Å². The van der Waals surface area contributed by atoms with E-state index in [1.54, 1.807) is 4.90 Å². The zero-order valence-electron chi connectivity index (χ0n) is 23.1. The fourth-order valence-corrected chi connectivity index (χ4v) is 5.73. The summed E-state index contributed by atoms with van der Waals surface area (Å²) in [7, 11) is 0. The Labute approximate surface area is 245 Å². The molecular formula is C32H31F6N5. The molecule has 0 amide bonds. The molecule has 0 saturated carbocycles. The highest BCUT2D eigenvalue weighted by atomic mass is 19.4. The number of hydrogen-bond donors (Lipinski definition) is 3. The molecule has 2 aromatic carbocycles. The average molecular weight is 600 g/mol. The average Bonchev–Trinajstić information content (AvgIpc) is 2.99. The summed E-state index contributed by atoms with van der Waals surface area (Å²) in [4.78, 5) is 5.45. The maximum atomic E-state index is 14.5. The summed E-state index contributed by atoms with van der Waals surface area (Å²) in [5.74, 6) is -2.37. The van der Waals surface area contributed by atoms with Gasteiger partial charge < -0.3 is 20.9 Å². The van der Waals surface area contributed by atoms with E-state index in [4.69, 9.17) is 5.41 Å². The Bertz CT molecular complexity index is 1440. The quantitative estimate of drug-likeness (QED) is 0.193. The summed E-state index contributed by atoms with van der Waals surface area (Å²) >= 11 is 0. The van der Waals surface area contributed by atoms with Gasteiger partial charge in [-0.15, -0.1) is 0 Å². The molecule has 3 heterocycles. The lowest BCUT2D eigenvalue weighted by Crippen LogP contribution is -2.45. The maximum Gasteiger partial charge on any atom is 0.417 e. The molecule has 0 radical (unpaired) electrons. The maximum absolute atomic E-state index is 14.5. The fraction of sp³-hybridized carbons (Fsp3) is 0.312. The lowest BCUT2D eigenvalue weighted by molar-refractivity contribution is -0.163. The van der Waals surface area contributed by atoms with E-state index in [1.807, 2.05) is 60.7 Å². The highest BCUT2D eigenvalue weighted by molar-refractivity contribution is 6.01. The molecule has 1 aromatic heterocycles. The van der Waals surface area contributed by atoms with Gasteiger partial charge in [-0.05, 0) is 30.0 Å². The molecule has 1 unspecified atom stereocenters. The number of nitrogens with zero attached hydrogens (tertiary/aromatic N) is 2. The van der Waals surface area contributed by atoms with Gasteiger partial charge in [-0.25, -0.2) is 0 Å². The number of hydrogen-bond acceptors (Lipinski definition) is 5. The Morgan fingerprint density at radius 1 is 0.930 bits per heavy atom. The molecule has 5 rings (SSSR count). The van der Waals surface area contributed by atoms with Crippen molar-refractivity contribution in [3.05, 3.63) is 119 Å². The number of alkyl halides is 6. The number of pyridine rings is 1. The van der Waals surface area contributed by atoms with E-state index in [1.165, 1.54) is 6.20 Å². The van der Waals surface area contributed by atoms with Crippen molar-refractivity contribution < 1.29 is 26.3 Å².